The van der Waals surface area contributed by atoms with Crippen molar-refractivity contribution in [3.8, 4) is 11.5 Å². The molecule has 0 aliphatic rings. The van der Waals surface area contributed by atoms with Crippen LogP contribution in [0.15, 0.2) is 41.5 Å². The van der Waals surface area contributed by atoms with Crippen LogP contribution >= 0.6 is 0 Å². The second kappa shape index (κ2) is 3.55. The van der Waals surface area contributed by atoms with E-state index >= 15 is 0 Å². The van der Waals surface area contributed by atoms with Gasteiger partial charge in [0.25, 0.3) is 5.56 Å². The van der Waals surface area contributed by atoms with Crippen molar-refractivity contribution in [2.45, 2.75) is 0 Å². The van der Waals surface area contributed by atoms with Crippen LogP contribution in [-0.4, -0.2) is 19.7 Å². The minimum Gasteiger partial charge on any atom is -0.343 e. The van der Waals surface area contributed by atoms with E-state index in [0.717, 1.165) is 5.39 Å². The summed E-state index contributed by atoms with van der Waals surface area (Å²) in [5.74, 6) is 0.664. The van der Waals surface area contributed by atoms with Crippen molar-refractivity contribution < 1.29 is 0 Å². The SMILES string of the molecule is Cn1nc(-c2ncc[nH]2)c2ccccc2c1=O. The molecule has 2 heterocycles. The Hall–Kier alpha value is -2.43. The highest BCUT2D eigenvalue weighted by molar-refractivity contribution is 5.92. The monoisotopic (exact) mass is 226 g/mol. The maximum absolute atomic E-state index is 11.9. The number of aromatic nitrogens is 4. The van der Waals surface area contributed by atoms with Gasteiger partial charge in [-0.2, -0.15) is 5.10 Å². The number of imidazole rings is 1. The summed E-state index contributed by atoms with van der Waals surface area (Å²) in [4.78, 5) is 19.1. The molecule has 5 heteroatoms. The summed E-state index contributed by atoms with van der Waals surface area (Å²) in [5.41, 5.74) is 0.587. The Morgan fingerprint density at radius 1 is 1.24 bits per heavy atom. The maximum Gasteiger partial charge on any atom is 0.274 e. The van der Waals surface area contributed by atoms with Crippen molar-refractivity contribution in [1.29, 1.82) is 0 Å². The molecule has 1 aromatic carbocycles. The highest BCUT2D eigenvalue weighted by atomic mass is 16.1. The molecule has 0 unspecified atom stereocenters. The van der Waals surface area contributed by atoms with Gasteiger partial charge in [0.2, 0.25) is 0 Å². The van der Waals surface area contributed by atoms with Gasteiger partial charge in [-0.25, -0.2) is 9.67 Å². The Labute approximate surface area is 96.7 Å². The average Bonchev–Trinajstić information content (AvgIpc) is 2.87. The van der Waals surface area contributed by atoms with Crippen molar-refractivity contribution in [2.75, 3.05) is 0 Å². The van der Waals surface area contributed by atoms with Crippen LogP contribution in [0.25, 0.3) is 22.3 Å². The lowest BCUT2D eigenvalue weighted by atomic mass is 10.1. The van der Waals surface area contributed by atoms with Crippen molar-refractivity contribution in [1.82, 2.24) is 19.7 Å². The number of rotatable bonds is 1. The summed E-state index contributed by atoms with van der Waals surface area (Å²) in [6, 6.07) is 7.40. The van der Waals surface area contributed by atoms with Crippen LogP contribution in [0, 0.1) is 0 Å². The molecule has 3 rings (SSSR count). The average molecular weight is 226 g/mol. The van der Waals surface area contributed by atoms with Gasteiger partial charge in [0.1, 0.15) is 5.69 Å². The molecule has 0 radical (unpaired) electrons. The first-order valence-corrected chi connectivity index (χ1v) is 5.23. The third-order valence-corrected chi connectivity index (χ3v) is 2.68. The quantitative estimate of drug-likeness (QED) is 0.680. The molecule has 1 N–H and O–H groups in total. The summed E-state index contributed by atoms with van der Waals surface area (Å²) >= 11 is 0. The Morgan fingerprint density at radius 2 is 2.00 bits per heavy atom. The van der Waals surface area contributed by atoms with E-state index in [9.17, 15) is 4.79 Å². The standard InChI is InChI=1S/C12H10N4O/c1-16-12(17)9-5-3-2-4-8(9)10(15-16)11-13-6-7-14-11/h2-7H,1H3,(H,13,14). The maximum atomic E-state index is 11.9. The number of fused-ring (bicyclic) bond motifs is 1. The van der Waals surface area contributed by atoms with Gasteiger partial charge in [-0.1, -0.05) is 18.2 Å². The predicted molar refractivity (Wildman–Crippen MR) is 64.6 cm³/mol. The van der Waals surface area contributed by atoms with Crippen molar-refractivity contribution in [3.05, 3.63) is 47.0 Å². The molecular formula is C12H10N4O. The Kier molecular flexibility index (Phi) is 2.04. The molecule has 84 valence electrons. The Morgan fingerprint density at radius 3 is 2.71 bits per heavy atom. The normalized spacial score (nSPS) is 10.9. The number of aromatic amines is 1. The molecule has 0 spiro atoms. The van der Waals surface area contributed by atoms with Crippen LogP contribution < -0.4 is 5.56 Å². The number of benzene rings is 1. The highest BCUT2D eigenvalue weighted by Crippen LogP contribution is 2.20. The van der Waals surface area contributed by atoms with Crippen LogP contribution in [-0.2, 0) is 7.05 Å². The molecule has 0 atom stereocenters. The van der Waals surface area contributed by atoms with Crippen LogP contribution in [0.4, 0.5) is 0 Å². The number of nitrogens with zero attached hydrogens (tertiary/aromatic N) is 3. The highest BCUT2D eigenvalue weighted by Gasteiger charge is 2.11. The number of H-pyrrole nitrogens is 1. The summed E-state index contributed by atoms with van der Waals surface area (Å²) in [6.45, 7) is 0. The van der Waals surface area contributed by atoms with Gasteiger partial charge < -0.3 is 4.98 Å². The topological polar surface area (TPSA) is 63.6 Å². The smallest absolute Gasteiger partial charge is 0.274 e. The van der Waals surface area contributed by atoms with Crippen molar-refractivity contribution >= 4 is 10.8 Å². The zero-order valence-electron chi connectivity index (χ0n) is 9.21. The molecule has 0 aliphatic carbocycles. The van der Waals surface area contributed by atoms with E-state index in [1.807, 2.05) is 18.2 Å². The molecule has 5 nitrogen and oxygen atoms in total. The molecule has 3 aromatic rings. The fraction of sp³-hybridized carbons (Fsp3) is 0.0833. The third-order valence-electron chi connectivity index (χ3n) is 2.68. The number of nitrogens with one attached hydrogen (secondary N) is 1. The minimum absolute atomic E-state index is 0.101. The van der Waals surface area contributed by atoms with E-state index in [4.69, 9.17) is 0 Å². The van der Waals surface area contributed by atoms with Gasteiger partial charge in [-0.05, 0) is 6.07 Å². The first kappa shape index (κ1) is 9.77. The molecule has 0 saturated carbocycles. The molecule has 0 saturated heterocycles. The molecule has 0 fully saturated rings. The second-order valence-electron chi connectivity index (χ2n) is 3.76. The zero-order valence-corrected chi connectivity index (χ0v) is 9.21. The molecule has 17 heavy (non-hydrogen) atoms. The molecule has 2 aromatic heterocycles. The molecule has 0 aliphatic heterocycles. The van der Waals surface area contributed by atoms with Crippen LogP contribution in [0.3, 0.4) is 0 Å². The van der Waals surface area contributed by atoms with Gasteiger partial charge in [0.05, 0.1) is 5.39 Å². The van der Waals surface area contributed by atoms with E-state index < -0.39 is 0 Å². The van der Waals surface area contributed by atoms with E-state index in [-0.39, 0.29) is 5.56 Å². The fourth-order valence-corrected chi connectivity index (χ4v) is 1.87. The largest absolute Gasteiger partial charge is 0.343 e. The van der Waals surface area contributed by atoms with Crippen LogP contribution in [0.1, 0.15) is 0 Å². The third kappa shape index (κ3) is 1.44. The van der Waals surface area contributed by atoms with Crippen LogP contribution in [0.5, 0.6) is 0 Å². The summed E-state index contributed by atoms with van der Waals surface area (Å²) < 4.78 is 1.33. The number of hydrogen-bond acceptors (Lipinski definition) is 3. The van der Waals surface area contributed by atoms with E-state index in [0.29, 0.717) is 16.9 Å². The van der Waals surface area contributed by atoms with E-state index in [1.165, 1.54) is 4.68 Å². The van der Waals surface area contributed by atoms with Gasteiger partial charge in [0.15, 0.2) is 5.82 Å². The second-order valence-corrected chi connectivity index (χ2v) is 3.76. The Balaban J connectivity index is 2.48. The molecule has 0 amide bonds. The van der Waals surface area contributed by atoms with Gasteiger partial charge in [0, 0.05) is 24.8 Å². The Bertz CT molecular complexity index is 728. The lowest BCUT2D eigenvalue weighted by molar-refractivity contribution is 0.720. The van der Waals surface area contributed by atoms with E-state index in [1.54, 1.807) is 25.5 Å². The fourth-order valence-electron chi connectivity index (χ4n) is 1.87. The summed E-state index contributed by atoms with van der Waals surface area (Å²) in [6.07, 6.45) is 3.40. The lowest BCUT2D eigenvalue weighted by Gasteiger charge is -2.05. The van der Waals surface area contributed by atoms with Gasteiger partial charge in [-0.15, -0.1) is 0 Å². The van der Waals surface area contributed by atoms with Crippen molar-refractivity contribution in [3.63, 3.8) is 0 Å². The van der Waals surface area contributed by atoms with Crippen molar-refractivity contribution in [2.24, 2.45) is 7.05 Å². The van der Waals surface area contributed by atoms with Gasteiger partial charge >= 0.3 is 0 Å². The molecule has 0 bridgehead atoms. The predicted octanol–water partition coefficient (Wildman–Crippen LogP) is 1.32. The number of aryl methyl sites for hydroxylation is 1. The first-order valence-electron chi connectivity index (χ1n) is 5.23. The summed E-state index contributed by atoms with van der Waals surface area (Å²) in [5, 5.41) is 5.71. The van der Waals surface area contributed by atoms with Crippen LogP contribution in [0.2, 0.25) is 0 Å². The lowest BCUT2D eigenvalue weighted by Crippen LogP contribution is -2.20. The molecular weight excluding hydrogens is 216 g/mol. The van der Waals surface area contributed by atoms with E-state index in [2.05, 4.69) is 15.1 Å². The summed E-state index contributed by atoms with van der Waals surface area (Å²) in [7, 11) is 1.64. The zero-order chi connectivity index (χ0) is 11.8. The van der Waals surface area contributed by atoms with Gasteiger partial charge in [-0.3, -0.25) is 4.79 Å². The number of hydrogen-bond donors (Lipinski definition) is 1. The first-order chi connectivity index (χ1) is 8.27. The minimum atomic E-state index is -0.101.